The van der Waals surface area contributed by atoms with Crippen LogP contribution in [0.25, 0.3) is 90.9 Å². The van der Waals surface area contributed by atoms with Crippen molar-refractivity contribution in [1.29, 1.82) is 0 Å². The molecule has 0 fully saturated rings. The number of hydrogen-bond donors (Lipinski definition) is 2. The zero-order valence-corrected chi connectivity index (χ0v) is 34.0. The molecule has 9 rings (SSSR count). The predicted molar refractivity (Wildman–Crippen MR) is 240 cm³/mol. The maximum Gasteiger partial charge on any atom is 0.203 e. The van der Waals surface area contributed by atoms with Gasteiger partial charge in [-0.15, -0.1) is 0 Å². The molecule has 0 aliphatic carbocycles. The minimum absolute atomic E-state index is 0.504. The standard InChI is InChI=1S/C50H42N4O6/c1-55-33-13-7-29(8-14-33)46-36-19-21-38(51-36)47(30-9-15-34(56-2)16-10-30)40-23-25-42(53-40)49(32-27-44(58-4)50(60-6)45(28-32)59-5)43-26-24-41(54-43)48(39-22-20-37(46)52-39)31-11-17-35(57-3)18-12-31/h7-28,53-54H,1-6H3. The Kier molecular flexibility index (Phi) is 10.0. The highest BCUT2D eigenvalue weighted by Crippen LogP contribution is 2.44. The highest BCUT2D eigenvalue weighted by molar-refractivity contribution is 6.00. The number of H-pyrrole nitrogens is 2. The Balaban J connectivity index is 1.45. The molecular formula is C50H42N4O6. The van der Waals surface area contributed by atoms with Gasteiger partial charge in [0, 0.05) is 44.3 Å². The van der Waals surface area contributed by atoms with Crippen LogP contribution >= 0.6 is 0 Å². The second-order valence-corrected chi connectivity index (χ2v) is 14.1. The van der Waals surface area contributed by atoms with Crippen LogP contribution in [0.15, 0.2) is 109 Å². The molecule has 0 atom stereocenters. The molecule has 8 bridgehead atoms. The van der Waals surface area contributed by atoms with E-state index < -0.39 is 0 Å². The van der Waals surface area contributed by atoms with Crippen LogP contribution < -0.4 is 28.4 Å². The third-order valence-electron chi connectivity index (χ3n) is 10.8. The monoisotopic (exact) mass is 794 g/mol. The molecule has 60 heavy (non-hydrogen) atoms. The van der Waals surface area contributed by atoms with E-state index in [1.54, 1.807) is 42.7 Å². The molecule has 0 saturated carbocycles. The number of aromatic amines is 2. The summed E-state index contributed by atoms with van der Waals surface area (Å²) in [6.07, 6.45) is 8.26. The minimum atomic E-state index is 0.504. The minimum Gasteiger partial charge on any atom is -0.497 e. The van der Waals surface area contributed by atoms with Crippen molar-refractivity contribution in [2.45, 2.75) is 0 Å². The topological polar surface area (TPSA) is 113 Å². The summed E-state index contributed by atoms with van der Waals surface area (Å²) >= 11 is 0. The number of nitrogens with zero attached hydrogens (tertiary/aromatic N) is 2. The van der Waals surface area contributed by atoms with Gasteiger partial charge in [0.15, 0.2) is 11.5 Å². The maximum atomic E-state index is 5.86. The normalized spacial score (nSPS) is 11.7. The Hall–Kier alpha value is -7.72. The smallest absolute Gasteiger partial charge is 0.203 e. The lowest BCUT2D eigenvalue weighted by Gasteiger charge is -2.14. The molecule has 0 spiro atoms. The van der Waals surface area contributed by atoms with Crippen LogP contribution in [0.1, 0.15) is 22.8 Å². The quantitative estimate of drug-likeness (QED) is 0.141. The van der Waals surface area contributed by atoms with E-state index in [1.807, 2.05) is 60.7 Å². The van der Waals surface area contributed by atoms with Gasteiger partial charge in [-0.3, -0.25) is 0 Å². The summed E-state index contributed by atoms with van der Waals surface area (Å²) in [5, 5.41) is 0. The van der Waals surface area contributed by atoms with E-state index in [4.69, 9.17) is 38.4 Å². The Bertz CT molecular complexity index is 2810. The molecular weight excluding hydrogens is 753 g/mol. The van der Waals surface area contributed by atoms with Gasteiger partial charge in [0.25, 0.3) is 0 Å². The van der Waals surface area contributed by atoms with Crippen molar-refractivity contribution >= 4 is 46.4 Å². The summed E-state index contributed by atoms with van der Waals surface area (Å²) < 4.78 is 34.1. The molecule has 5 heterocycles. The number of aromatic nitrogens is 4. The van der Waals surface area contributed by atoms with Crippen LogP contribution in [-0.4, -0.2) is 62.6 Å². The van der Waals surface area contributed by atoms with E-state index in [0.717, 1.165) is 107 Å². The molecule has 0 radical (unpaired) electrons. The highest BCUT2D eigenvalue weighted by atomic mass is 16.5. The van der Waals surface area contributed by atoms with Gasteiger partial charge < -0.3 is 38.4 Å². The van der Waals surface area contributed by atoms with Crippen molar-refractivity contribution in [3.05, 3.63) is 132 Å². The van der Waals surface area contributed by atoms with Gasteiger partial charge in [-0.1, -0.05) is 36.4 Å². The van der Waals surface area contributed by atoms with Crippen molar-refractivity contribution in [2.75, 3.05) is 42.7 Å². The van der Waals surface area contributed by atoms with Crippen LogP contribution in [0.5, 0.6) is 34.5 Å². The van der Waals surface area contributed by atoms with Gasteiger partial charge in [0.05, 0.1) is 65.4 Å². The molecule has 0 saturated heterocycles. The number of hydrogen-bond acceptors (Lipinski definition) is 8. The van der Waals surface area contributed by atoms with Gasteiger partial charge in [0.1, 0.15) is 17.2 Å². The van der Waals surface area contributed by atoms with Crippen molar-refractivity contribution in [3.8, 4) is 79.0 Å². The molecule has 10 heteroatoms. The summed E-state index contributed by atoms with van der Waals surface area (Å²) in [6, 6.07) is 36.4. The first-order valence-electron chi connectivity index (χ1n) is 19.3. The average Bonchev–Trinajstić information content (AvgIpc) is 4.15. The van der Waals surface area contributed by atoms with E-state index in [-0.39, 0.29) is 0 Å². The Labute approximate surface area is 347 Å². The molecule has 2 aliphatic heterocycles. The summed E-state index contributed by atoms with van der Waals surface area (Å²) in [4.78, 5) is 18.4. The van der Waals surface area contributed by atoms with Crippen molar-refractivity contribution < 1.29 is 28.4 Å². The van der Waals surface area contributed by atoms with Crippen LogP contribution in [-0.2, 0) is 0 Å². The number of benzene rings is 4. The Morgan fingerprint density at radius 1 is 0.333 bits per heavy atom. The third-order valence-corrected chi connectivity index (χ3v) is 10.8. The Morgan fingerprint density at radius 3 is 1.00 bits per heavy atom. The first-order valence-corrected chi connectivity index (χ1v) is 19.3. The summed E-state index contributed by atoms with van der Waals surface area (Å²) in [5.74, 6) is 3.85. The first kappa shape index (κ1) is 37.8. The SMILES string of the molecule is COc1ccc(-c2c3nc(c(-c4ccc(OC)cc4)c4ccc([nH]4)c(-c4cc(OC)c(OC)c(OC)c4)c4ccc([nH]4)c(-c4ccc(OC)cc4)c4nc2C=C4)C=C3)cc1. The van der Waals surface area contributed by atoms with Gasteiger partial charge >= 0.3 is 0 Å². The van der Waals surface area contributed by atoms with Crippen LogP contribution in [0.4, 0.5) is 0 Å². The zero-order valence-electron chi connectivity index (χ0n) is 34.0. The van der Waals surface area contributed by atoms with Crippen molar-refractivity contribution in [2.24, 2.45) is 0 Å². The summed E-state index contributed by atoms with van der Waals surface area (Å²) in [5.41, 5.74) is 13.9. The zero-order chi connectivity index (χ0) is 41.3. The van der Waals surface area contributed by atoms with Gasteiger partial charge in [-0.2, -0.15) is 0 Å². The van der Waals surface area contributed by atoms with Crippen molar-refractivity contribution in [3.63, 3.8) is 0 Å². The molecule has 3 aromatic heterocycles. The van der Waals surface area contributed by atoms with E-state index in [1.165, 1.54) is 0 Å². The number of ether oxygens (including phenoxy) is 6. The molecule has 2 aliphatic rings. The van der Waals surface area contributed by atoms with Gasteiger partial charge in [-0.25, -0.2) is 9.97 Å². The second kappa shape index (κ2) is 15.9. The molecule has 2 N–H and O–H groups in total. The van der Waals surface area contributed by atoms with Gasteiger partial charge in [-0.05, 0) is 119 Å². The van der Waals surface area contributed by atoms with E-state index in [0.29, 0.717) is 17.2 Å². The number of methoxy groups -OCH3 is 6. The van der Waals surface area contributed by atoms with Crippen LogP contribution in [0, 0.1) is 0 Å². The number of nitrogens with one attached hydrogen (secondary N) is 2. The predicted octanol–water partition coefficient (Wildman–Crippen LogP) is 11.4. The van der Waals surface area contributed by atoms with E-state index >= 15 is 0 Å². The summed E-state index contributed by atoms with van der Waals surface area (Å²) in [7, 11) is 9.85. The maximum absolute atomic E-state index is 5.86. The number of rotatable bonds is 10. The molecule has 4 aromatic carbocycles. The lowest BCUT2D eigenvalue weighted by atomic mass is 10.0. The molecule has 0 unspecified atom stereocenters. The molecule has 0 amide bonds. The second-order valence-electron chi connectivity index (χ2n) is 14.1. The van der Waals surface area contributed by atoms with Crippen molar-refractivity contribution in [1.82, 2.24) is 19.9 Å². The molecule has 298 valence electrons. The van der Waals surface area contributed by atoms with Gasteiger partial charge in [0.2, 0.25) is 5.75 Å². The number of fused-ring (bicyclic) bond motifs is 8. The first-order chi connectivity index (χ1) is 29.4. The van der Waals surface area contributed by atoms with Crippen LogP contribution in [0.2, 0.25) is 0 Å². The lowest BCUT2D eigenvalue weighted by molar-refractivity contribution is 0.324. The fourth-order valence-corrected chi connectivity index (χ4v) is 7.92. The lowest BCUT2D eigenvalue weighted by Crippen LogP contribution is -1.96. The molecule has 7 aromatic rings. The van der Waals surface area contributed by atoms with Crippen LogP contribution in [0.3, 0.4) is 0 Å². The van der Waals surface area contributed by atoms with E-state index in [9.17, 15) is 0 Å². The fraction of sp³-hybridized carbons (Fsp3) is 0.120. The largest absolute Gasteiger partial charge is 0.497 e. The van der Waals surface area contributed by atoms with E-state index in [2.05, 4.69) is 82.8 Å². The third kappa shape index (κ3) is 6.77. The summed E-state index contributed by atoms with van der Waals surface area (Å²) in [6.45, 7) is 0. The highest BCUT2D eigenvalue weighted by Gasteiger charge is 2.21. The molecule has 10 nitrogen and oxygen atoms in total. The average molecular weight is 795 g/mol. The fourth-order valence-electron chi connectivity index (χ4n) is 7.92. The Morgan fingerprint density at radius 2 is 0.667 bits per heavy atom.